The lowest BCUT2D eigenvalue weighted by Crippen LogP contribution is -2.17. The Bertz CT molecular complexity index is 262. The predicted octanol–water partition coefficient (Wildman–Crippen LogP) is 3.60. The molecule has 0 amide bonds. The van der Waals surface area contributed by atoms with Gasteiger partial charge in [0.2, 0.25) is 0 Å². The van der Waals surface area contributed by atoms with Crippen LogP contribution in [0.15, 0.2) is 16.9 Å². The first-order chi connectivity index (χ1) is 5.73. The molecule has 1 rings (SSSR count). The SMILES string of the molecule is CC(C)(C)c1cocc1C(F)(F)F. The van der Waals surface area contributed by atoms with Crippen LogP contribution in [0, 0.1) is 0 Å². The minimum Gasteiger partial charge on any atom is -0.472 e. The zero-order valence-corrected chi connectivity index (χ0v) is 7.70. The molecule has 13 heavy (non-hydrogen) atoms. The Balaban J connectivity index is 3.19. The second kappa shape index (κ2) is 2.79. The summed E-state index contributed by atoms with van der Waals surface area (Å²) in [5.74, 6) is 0. The average Bonchev–Trinajstić information content (AvgIpc) is 2.27. The van der Waals surface area contributed by atoms with Gasteiger partial charge in [-0.25, -0.2) is 0 Å². The molecule has 0 spiro atoms. The third kappa shape index (κ3) is 2.05. The average molecular weight is 192 g/mol. The molecule has 0 radical (unpaired) electrons. The van der Waals surface area contributed by atoms with E-state index in [0.717, 1.165) is 12.5 Å². The molecule has 1 nitrogen and oxygen atoms in total. The molecule has 0 fully saturated rings. The van der Waals surface area contributed by atoms with Crippen LogP contribution in [0.4, 0.5) is 13.2 Å². The third-order valence-corrected chi connectivity index (χ3v) is 1.78. The molecular formula is C9H11F3O. The van der Waals surface area contributed by atoms with Crippen molar-refractivity contribution in [3.05, 3.63) is 23.7 Å². The van der Waals surface area contributed by atoms with Crippen LogP contribution >= 0.6 is 0 Å². The third-order valence-electron chi connectivity index (χ3n) is 1.78. The minimum atomic E-state index is -4.32. The first kappa shape index (κ1) is 10.2. The molecule has 0 N–H and O–H groups in total. The summed E-state index contributed by atoms with van der Waals surface area (Å²) < 4.78 is 41.6. The van der Waals surface area contributed by atoms with Gasteiger partial charge in [-0.1, -0.05) is 20.8 Å². The molecule has 0 aliphatic rings. The fourth-order valence-electron chi connectivity index (χ4n) is 1.10. The van der Waals surface area contributed by atoms with E-state index >= 15 is 0 Å². The van der Waals surface area contributed by atoms with Crippen LogP contribution in [0.5, 0.6) is 0 Å². The van der Waals surface area contributed by atoms with Gasteiger partial charge < -0.3 is 4.42 Å². The summed E-state index contributed by atoms with van der Waals surface area (Å²) in [5, 5.41) is 0. The van der Waals surface area contributed by atoms with Crippen LogP contribution in [0.25, 0.3) is 0 Å². The van der Waals surface area contributed by atoms with Gasteiger partial charge in [-0.05, 0) is 5.41 Å². The highest BCUT2D eigenvalue weighted by molar-refractivity contribution is 5.30. The number of furan rings is 1. The monoisotopic (exact) mass is 192 g/mol. The van der Waals surface area contributed by atoms with Gasteiger partial charge in [-0.2, -0.15) is 13.2 Å². The predicted molar refractivity (Wildman–Crippen MR) is 42.4 cm³/mol. The standard InChI is InChI=1S/C9H11F3O/c1-8(2,3)6-4-13-5-7(6)9(10,11)12/h4-5H,1-3H3. The van der Waals surface area contributed by atoms with Crippen molar-refractivity contribution in [2.45, 2.75) is 32.4 Å². The van der Waals surface area contributed by atoms with Gasteiger partial charge in [-0.3, -0.25) is 0 Å². The molecule has 1 aromatic rings. The van der Waals surface area contributed by atoms with Gasteiger partial charge in [0.1, 0.15) is 6.26 Å². The zero-order chi connectivity index (χ0) is 10.3. The van der Waals surface area contributed by atoms with Crippen molar-refractivity contribution in [2.24, 2.45) is 0 Å². The summed E-state index contributed by atoms with van der Waals surface area (Å²) in [4.78, 5) is 0. The first-order valence-corrected chi connectivity index (χ1v) is 3.87. The highest BCUT2D eigenvalue weighted by atomic mass is 19.4. The second-order valence-corrected chi connectivity index (χ2v) is 3.95. The molecule has 0 saturated heterocycles. The molecule has 1 aromatic heterocycles. The van der Waals surface area contributed by atoms with E-state index in [2.05, 4.69) is 4.42 Å². The van der Waals surface area contributed by atoms with E-state index in [1.165, 1.54) is 0 Å². The van der Waals surface area contributed by atoms with Crippen LogP contribution in [0.3, 0.4) is 0 Å². The largest absolute Gasteiger partial charge is 0.472 e. The molecule has 0 saturated carbocycles. The Morgan fingerprint density at radius 2 is 1.46 bits per heavy atom. The molecule has 0 unspecified atom stereocenters. The number of alkyl halides is 3. The topological polar surface area (TPSA) is 13.1 Å². The summed E-state index contributed by atoms with van der Waals surface area (Å²) in [6.07, 6.45) is -2.42. The van der Waals surface area contributed by atoms with Crippen LogP contribution in [0.2, 0.25) is 0 Å². The van der Waals surface area contributed by atoms with Gasteiger partial charge >= 0.3 is 6.18 Å². The molecule has 0 atom stereocenters. The highest BCUT2D eigenvalue weighted by Crippen LogP contribution is 2.37. The van der Waals surface area contributed by atoms with Crippen molar-refractivity contribution in [3.63, 3.8) is 0 Å². The first-order valence-electron chi connectivity index (χ1n) is 3.87. The normalized spacial score (nSPS) is 13.4. The molecule has 0 bridgehead atoms. The summed E-state index contributed by atoms with van der Waals surface area (Å²) in [7, 11) is 0. The number of hydrogen-bond donors (Lipinski definition) is 0. The highest BCUT2D eigenvalue weighted by Gasteiger charge is 2.38. The van der Waals surface area contributed by atoms with Crippen molar-refractivity contribution < 1.29 is 17.6 Å². The minimum absolute atomic E-state index is 0.194. The maximum Gasteiger partial charge on any atom is 0.419 e. The van der Waals surface area contributed by atoms with Crippen LogP contribution in [-0.4, -0.2) is 0 Å². The Morgan fingerprint density at radius 3 is 1.77 bits per heavy atom. The molecule has 0 aliphatic carbocycles. The Labute approximate surface area is 74.5 Å². The Hall–Kier alpha value is -0.930. The maximum absolute atomic E-state index is 12.4. The van der Waals surface area contributed by atoms with Crippen LogP contribution in [-0.2, 0) is 11.6 Å². The Morgan fingerprint density at radius 1 is 1.00 bits per heavy atom. The molecule has 0 aromatic carbocycles. The van der Waals surface area contributed by atoms with E-state index in [1.807, 2.05) is 0 Å². The van der Waals surface area contributed by atoms with Crippen LogP contribution in [0.1, 0.15) is 31.9 Å². The summed E-state index contributed by atoms with van der Waals surface area (Å²) >= 11 is 0. The van der Waals surface area contributed by atoms with E-state index < -0.39 is 17.2 Å². The molecule has 4 heteroatoms. The van der Waals surface area contributed by atoms with Crippen molar-refractivity contribution in [1.29, 1.82) is 0 Å². The van der Waals surface area contributed by atoms with E-state index in [9.17, 15) is 13.2 Å². The smallest absolute Gasteiger partial charge is 0.419 e. The molecule has 0 aliphatic heterocycles. The molecule has 1 heterocycles. The number of halogens is 3. The van der Waals surface area contributed by atoms with E-state index in [0.29, 0.717) is 0 Å². The quantitative estimate of drug-likeness (QED) is 0.612. The maximum atomic E-state index is 12.4. The van der Waals surface area contributed by atoms with Crippen molar-refractivity contribution in [2.75, 3.05) is 0 Å². The second-order valence-electron chi connectivity index (χ2n) is 3.95. The molecule has 74 valence electrons. The van der Waals surface area contributed by atoms with E-state index in [1.54, 1.807) is 20.8 Å². The van der Waals surface area contributed by atoms with E-state index in [-0.39, 0.29) is 5.56 Å². The lowest BCUT2D eigenvalue weighted by molar-refractivity contribution is -0.138. The Kier molecular flexibility index (Phi) is 2.18. The summed E-state index contributed by atoms with van der Waals surface area (Å²) in [5.41, 5.74) is -1.03. The van der Waals surface area contributed by atoms with Crippen molar-refractivity contribution in [3.8, 4) is 0 Å². The van der Waals surface area contributed by atoms with Gasteiger partial charge in [-0.15, -0.1) is 0 Å². The lowest BCUT2D eigenvalue weighted by Gasteiger charge is -2.19. The number of rotatable bonds is 0. The number of hydrogen-bond acceptors (Lipinski definition) is 1. The van der Waals surface area contributed by atoms with Crippen LogP contribution < -0.4 is 0 Å². The fourth-order valence-corrected chi connectivity index (χ4v) is 1.10. The van der Waals surface area contributed by atoms with Gasteiger partial charge in [0.25, 0.3) is 0 Å². The van der Waals surface area contributed by atoms with Gasteiger partial charge in [0.15, 0.2) is 0 Å². The zero-order valence-electron chi connectivity index (χ0n) is 7.70. The molecular weight excluding hydrogens is 181 g/mol. The summed E-state index contributed by atoms with van der Waals surface area (Å²) in [6, 6.07) is 0. The fraction of sp³-hybridized carbons (Fsp3) is 0.556. The van der Waals surface area contributed by atoms with E-state index in [4.69, 9.17) is 0 Å². The van der Waals surface area contributed by atoms with Crippen molar-refractivity contribution in [1.82, 2.24) is 0 Å². The summed E-state index contributed by atoms with van der Waals surface area (Å²) in [6.45, 7) is 5.15. The van der Waals surface area contributed by atoms with Gasteiger partial charge in [0, 0.05) is 5.56 Å². The van der Waals surface area contributed by atoms with Gasteiger partial charge in [0.05, 0.1) is 11.8 Å². The van der Waals surface area contributed by atoms with Crippen molar-refractivity contribution >= 4 is 0 Å². The lowest BCUT2D eigenvalue weighted by atomic mass is 9.86.